The maximum atomic E-state index is 13.6. The molecule has 1 N–H and O–H groups in total. The molecule has 2 unspecified atom stereocenters. The van der Waals surface area contributed by atoms with Crippen LogP contribution in [0.3, 0.4) is 0 Å². The summed E-state index contributed by atoms with van der Waals surface area (Å²) in [6, 6.07) is 15.7. The van der Waals surface area contributed by atoms with Gasteiger partial charge in [-0.1, -0.05) is 29.8 Å². The number of fused-ring (bicyclic) bond motifs is 3. The Hall–Kier alpha value is -3.49. The van der Waals surface area contributed by atoms with Crippen LogP contribution in [0.1, 0.15) is 18.5 Å². The van der Waals surface area contributed by atoms with Crippen LogP contribution < -0.4 is 5.32 Å². The van der Waals surface area contributed by atoms with Crippen LogP contribution in [0.4, 0.5) is 14.9 Å². The Morgan fingerprint density at radius 2 is 1.86 bits per heavy atom. The zero-order chi connectivity index (χ0) is 23.9. The molecule has 9 heteroatoms. The van der Waals surface area contributed by atoms with E-state index in [1.54, 1.807) is 18.3 Å². The van der Waals surface area contributed by atoms with Gasteiger partial charge in [-0.2, -0.15) is 0 Å². The SMILES string of the molecule is O=C(Nc1cccc(F)c1)N1C2CCC1CN(Cc1c(-c3ccc(Cl)cc3)nc3ncccn13)C2. The van der Waals surface area contributed by atoms with E-state index in [4.69, 9.17) is 16.6 Å². The molecule has 35 heavy (non-hydrogen) atoms. The van der Waals surface area contributed by atoms with Gasteiger partial charge in [0, 0.05) is 60.4 Å². The van der Waals surface area contributed by atoms with Gasteiger partial charge in [-0.3, -0.25) is 9.30 Å². The van der Waals surface area contributed by atoms with E-state index < -0.39 is 0 Å². The third-order valence-corrected chi connectivity index (χ3v) is 7.11. The second kappa shape index (κ2) is 8.94. The van der Waals surface area contributed by atoms with Crippen molar-refractivity contribution in [3.05, 3.63) is 83.5 Å². The lowest BCUT2D eigenvalue weighted by molar-refractivity contribution is 0.0894. The molecule has 2 aliphatic heterocycles. The number of carbonyl (C=O) groups excluding carboxylic acids is 1. The van der Waals surface area contributed by atoms with Gasteiger partial charge in [-0.15, -0.1) is 0 Å². The summed E-state index contributed by atoms with van der Waals surface area (Å²) in [6.07, 6.45) is 5.64. The molecule has 0 spiro atoms. The number of halogens is 2. The average molecular weight is 491 g/mol. The number of imidazole rings is 1. The molecule has 2 aromatic carbocycles. The Morgan fingerprint density at radius 1 is 1.09 bits per heavy atom. The number of nitrogens with zero attached hydrogens (tertiary/aromatic N) is 5. The van der Waals surface area contributed by atoms with E-state index in [9.17, 15) is 9.18 Å². The van der Waals surface area contributed by atoms with E-state index in [2.05, 4.69) is 15.2 Å². The topological polar surface area (TPSA) is 65.8 Å². The van der Waals surface area contributed by atoms with E-state index in [0.717, 1.165) is 42.9 Å². The van der Waals surface area contributed by atoms with Gasteiger partial charge in [0.2, 0.25) is 5.78 Å². The highest BCUT2D eigenvalue weighted by Gasteiger charge is 2.42. The molecule has 2 atom stereocenters. The number of benzene rings is 2. The van der Waals surface area contributed by atoms with Gasteiger partial charge in [0.1, 0.15) is 5.82 Å². The summed E-state index contributed by atoms with van der Waals surface area (Å²) in [5.41, 5.74) is 3.42. The van der Waals surface area contributed by atoms with Gasteiger partial charge < -0.3 is 10.2 Å². The number of likely N-dealkylation sites (tertiary alicyclic amines) is 1. The van der Waals surface area contributed by atoms with Crippen LogP contribution >= 0.6 is 11.6 Å². The zero-order valence-corrected chi connectivity index (χ0v) is 19.7. The fraction of sp³-hybridized carbons (Fsp3) is 0.269. The van der Waals surface area contributed by atoms with E-state index in [1.807, 2.05) is 45.8 Å². The van der Waals surface area contributed by atoms with Gasteiger partial charge in [0.15, 0.2) is 0 Å². The second-order valence-electron chi connectivity index (χ2n) is 9.13. The smallest absolute Gasteiger partial charge is 0.316 e. The van der Waals surface area contributed by atoms with Crippen LogP contribution in [0.15, 0.2) is 67.0 Å². The van der Waals surface area contributed by atoms with Gasteiger partial charge in [-0.05, 0) is 49.2 Å². The van der Waals surface area contributed by atoms with Crippen molar-refractivity contribution >= 4 is 29.1 Å². The molecule has 2 amide bonds. The quantitative estimate of drug-likeness (QED) is 0.434. The lowest BCUT2D eigenvalue weighted by Crippen LogP contribution is -2.56. The van der Waals surface area contributed by atoms with Crippen molar-refractivity contribution in [2.45, 2.75) is 31.5 Å². The molecule has 0 aliphatic carbocycles. The maximum Gasteiger partial charge on any atom is 0.322 e. The third-order valence-electron chi connectivity index (χ3n) is 6.86. The summed E-state index contributed by atoms with van der Waals surface area (Å²) in [5, 5.41) is 3.55. The molecule has 2 saturated heterocycles. The highest BCUT2D eigenvalue weighted by molar-refractivity contribution is 6.30. The van der Waals surface area contributed by atoms with Crippen LogP contribution in [0, 0.1) is 5.82 Å². The van der Waals surface area contributed by atoms with E-state index in [-0.39, 0.29) is 23.9 Å². The minimum absolute atomic E-state index is 0.110. The first kappa shape index (κ1) is 22.0. The minimum Gasteiger partial charge on any atom is -0.316 e. The molecule has 6 rings (SSSR count). The Bertz CT molecular complexity index is 1380. The van der Waals surface area contributed by atoms with Crippen LogP contribution in [-0.2, 0) is 6.54 Å². The number of nitrogens with one attached hydrogen (secondary N) is 1. The summed E-state index contributed by atoms with van der Waals surface area (Å²) < 4.78 is 15.6. The first-order valence-electron chi connectivity index (χ1n) is 11.7. The lowest BCUT2D eigenvalue weighted by atomic mass is 10.1. The van der Waals surface area contributed by atoms with Crippen molar-refractivity contribution in [2.24, 2.45) is 0 Å². The van der Waals surface area contributed by atoms with Crippen molar-refractivity contribution in [2.75, 3.05) is 18.4 Å². The second-order valence-corrected chi connectivity index (χ2v) is 9.57. The summed E-state index contributed by atoms with van der Waals surface area (Å²) in [5.74, 6) is 0.290. The molecular formula is C26H24ClFN6O. The van der Waals surface area contributed by atoms with Gasteiger partial charge in [-0.25, -0.2) is 19.2 Å². The van der Waals surface area contributed by atoms with Crippen molar-refractivity contribution in [1.82, 2.24) is 24.2 Å². The third kappa shape index (κ3) is 4.24. The molecule has 0 saturated carbocycles. The summed E-state index contributed by atoms with van der Waals surface area (Å²) in [6.45, 7) is 2.22. The highest BCUT2D eigenvalue weighted by atomic mass is 35.5. The van der Waals surface area contributed by atoms with Crippen molar-refractivity contribution < 1.29 is 9.18 Å². The lowest BCUT2D eigenvalue weighted by Gasteiger charge is -2.41. The Kier molecular flexibility index (Phi) is 5.62. The van der Waals surface area contributed by atoms with E-state index in [1.165, 1.54) is 12.1 Å². The van der Waals surface area contributed by atoms with Crippen LogP contribution in [0.5, 0.6) is 0 Å². The molecule has 0 radical (unpaired) electrons. The summed E-state index contributed by atoms with van der Waals surface area (Å²) >= 11 is 6.11. The molecule has 4 aromatic rings. The number of piperazine rings is 1. The summed E-state index contributed by atoms with van der Waals surface area (Å²) in [7, 11) is 0. The molecular weight excluding hydrogens is 467 g/mol. The fourth-order valence-electron chi connectivity index (χ4n) is 5.34. The monoisotopic (exact) mass is 490 g/mol. The molecule has 4 heterocycles. The number of rotatable bonds is 4. The number of aromatic nitrogens is 3. The van der Waals surface area contributed by atoms with Gasteiger partial charge in [0.05, 0.1) is 11.4 Å². The number of anilines is 1. The Balaban J connectivity index is 1.23. The first-order valence-corrected chi connectivity index (χ1v) is 12.1. The van der Waals surface area contributed by atoms with E-state index in [0.29, 0.717) is 23.0 Å². The standard InChI is InChI=1S/C26H24ClFN6O/c27-18-7-5-17(6-8-18)24-23(33-12-2-11-29-25(33)31-24)16-32-14-21-9-10-22(15-32)34(21)26(35)30-20-4-1-3-19(28)13-20/h1-8,11-13,21-22H,9-10,14-16H2,(H,30,35). The molecule has 7 nitrogen and oxygen atoms in total. The van der Waals surface area contributed by atoms with Crippen molar-refractivity contribution in [1.29, 1.82) is 0 Å². The number of carbonyl (C=O) groups is 1. The molecule has 2 bridgehead atoms. The fourth-order valence-corrected chi connectivity index (χ4v) is 5.47. The normalized spacial score (nSPS) is 19.9. The number of hydrogen-bond donors (Lipinski definition) is 1. The number of urea groups is 1. The predicted molar refractivity (Wildman–Crippen MR) is 133 cm³/mol. The van der Waals surface area contributed by atoms with E-state index >= 15 is 0 Å². The molecule has 178 valence electrons. The molecule has 2 aromatic heterocycles. The molecule has 2 aliphatic rings. The highest BCUT2D eigenvalue weighted by Crippen LogP contribution is 2.33. The predicted octanol–water partition coefficient (Wildman–Crippen LogP) is 5.07. The van der Waals surface area contributed by atoms with Gasteiger partial charge >= 0.3 is 6.03 Å². The first-order chi connectivity index (χ1) is 17.0. The van der Waals surface area contributed by atoms with Crippen LogP contribution in [-0.4, -0.2) is 55.4 Å². The maximum absolute atomic E-state index is 13.6. The Morgan fingerprint density at radius 3 is 2.60 bits per heavy atom. The molecule has 2 fully saturated rings. The van der Waals surface area contributed by atoms with Crippen LogP contribution in [0.2, 0.25) is 5.02 Å². The minimum atomic E-state index is -0.366. The number of hydrogen-bond acceptors (Lipinski definition) is 4. The largest absolute Gasteiger partial charge is 0.322 e. The zero-order valence-electron chi connectivity index (χ0n) is 18.9. The van der Waals surface area contributed by atoms with Gasteiger partial charge in [0.25, 0.3) is 0 Å². The Labute approximate surface area is 207 Å². The van der Waals surface area contributed by atoms with Crippen molar-refractivity contribution in [3.8, 4) is 11.3 Å². The average Bonchev–Trinajstić information content (AvgIpc) is 3.34. The summed E-state index contributed by atoms with van der Waals surface area (Å²) in [4.78, 5) is 26.6. The number of amides is 2. The van der Waals surface area contributed by atoms with Crippen molar-refractivity contribution in [3.63, 3.8) is 0 Å². The van der Waals surface area contributed by atoms with Crippen LogP contribution in [0.25, 0.3) is 17.0 Å².